The summed E-state index contributed by atoms with van der Waals surface area (Å²) in [6.07, 6.45) is 5.80. The van der Waals surface area contributed by atoms with Gasteiger partial charge in [-0.3, -0.25) is 14.9 Å². The average Bonchev–Trinajstić information content (AvgIpc) is 2.71. The van der Waals surface area contributed by atoms with Gasteiger partial charge in [-0.25, -0.2) is 4.98 Å². The predicted octanol–water partition coefficient (Wildman–Crippen LogP) is 4.08. The molecular formula is C21H33N3O5. The van der Waals surface area contributed by atoms with E-state index in [0.29, 0.717) is 23.8 Å². The molecular weight excluding hydrogens is 374 g/mol. The summed E-state index contributed by atoms with van der Waals surface area (Å²) < 4.78 is 10.2. The van der Waals surface area contributed by atoms with E-state index in [1.807, 2.05) is 6.92 Å². The normalized spacial score (nSPS) is 20.3. The van der Waals surface area contributed by atoms with E-state index in [0.717, 1.165) is 25.7 Å². The zero-order valence-corrected chi connectivity index (χ0v) is 18.1. The van der Waals surface area contributed by atoms with Gasteiger partial charge >= 0.3 is 11.7 Å². The fourth-order valence-corrected chi connectivity index (χ4v) is 3.93. The van der Waals surface area contributed by atoms with Crippen molar-refractivity contribution in [1.29, 1.82) is 0 Å². The number of methoxy groups -OCH3 is 2. The molecule has 1 aliphatic carbocycles. The van der Waals surface area contributed by atoms with Gasteiger partial charge in [-0.05, 0) is 43.1 Å². The van der Waals surface area contributed by atoms with E-state index in [2.05, 4.69) is 23.7 Å². The molecule has 162 valence electrons. The molecule has 0 unspecified atom stereocenters. The fraction of sp³-hybridized carbons (Fsp3) is 0.714. The van der Waals surface area contributed by atoms with Gasteiger partial charge in [-0.1, -0.05) is 20.8 Å². The number of anilines is 1. The number of rotatable bonds is 9. The Kier molecular flexibility index (Phi) is 8.37. The van der Waals surface area contributed by atoms with Crippen molar-refractivity contribution >= 4 is 17.5 Å². The standard InChI is InChI=1S/C21H33N3O5/c1-14(2)13-23(17-6-8-18(28-4)9-7-17)21-19(24(26)27)11-16(12-22-21)15(3)10-20(25)29-5/h11-12,14-15,17-18H,6-10,13H2,1-5H3/t15-,17?,18?/m1/s1. The summed E-state index contributed by atoms with van der Waals surface area (Å²) in [7, 11) is 3.07. The van der Waals surface area contributed by atoms with Gasteiger partial charge in [-0.2, -0.15) is 0 Å². The molecule has 1 aliphatic rings. The summed E-state index contributed by atoms with van der Waals surface area (Å²) in [4.78, 5) is 29.7. The van der Waals surface area contributed by atoms with Crippen molar-refractivity contribution in [1.82, 2.24) is 4.98 Å². The summed E-state index contributed by atoms with van der Waals surface area (Å²) >= 11 is 0. The minimum Gasteiger partial charge on any atom is -0.469 e. The minimum absolute atomic E-state index is 0.00580. The molecule has 1 saturated carbocycles. The van der Waals surface area contributed by atoms with Crippen LogP contribution in [0.5, 0.6) is 0 Å². The van der Waals surface area contributed by atoms with Gasteiger partial charge in [0.25, 0.3) is 0 Å². The second-order valence-corrected chi connectivity index (χ2v) is 8.26. The van der Waals surface area contributed by atoms with Gasteiger partial charge in [0.05, 0.1) is 24.6 Å². The zero-order valence-electron chi connectivity index (χ0n) is 18.1. The van der Waals surface area contributed by atoms with E-state index >= 15 is 0 Å². The second kappa shape index (κ2) is 10.5. The molecule has 2 rings (SSSR count). The predicted molar refractivity (Wildman–Crippen MR) is 111 cm³/mol. The molecule has 8 nitrogen and oxygen atoms in total. The number of pyridine rings is 1. The Morgan fingerprint density at radius 1 is 1.28 bits per heavy atom. The molecule has 0 N–H and O–H groups in total. The molecule has 1 fully saturated rings. The van der Waals surface area contributed by atoms with Gasteiger partial charge in [0, 0.05) is 32.0 Å². The average molecular weight is 408 g/mol. The fourth-order valence-electron chi connectivity index (χ4n) is 3.93. The van der Waals surface area contributed by atoms with Gasteiger partial charge in [0.2, 0.25) is 5.82 Å². The van der Waals surface area contributed by atoms with Crippen molar-refractivity contribution in [3.05, 3.63) is 27.9 Å². The molecule has 1 aromatic rings. The molecule has 0 saturated heterocycles. The maximum absolute atomic E-state index is 11.9. The van der Waals surface area contributed by atoms with E-state index in [4.69, 9.17) is 9.47 Å². The molecule has 1 aromatic heterocycles. The summed E-state index contributed by atoms with van der Waals surface area (Å²) in [5, 5.41) is 11.9. The van der Waals surface area contributed by atoms with Crippen LogP contribution in [0.2, 0.25) is 0 Å². The number of ether oxygens (including phenoxy) is 2. The third-order valence-electron chi connectivity index (χ3n) is 5.59. The van der Waals surface area contributed by atoms with E-state index in [-0.39, 0.29) is 41.1 Å². The number of aromatic nitrogens is 1. The van der Waals surface area contributed by atoms with Crippen LogP contribution in [0.3, 0.4) is 0 Å². The lowest BCUT2D eigenvalue weighted by molar-refractivity contribution is -0.384. The quantitative estimate of drug-likeness (QED) is 0.346. The Labute approximate surface area is 172 Å². The Bertz CT molecular complexity index is 702. The smallest absolute Gasteiger partial charge is 0.311 e. The van der Waals surface area contributed by atoms with Crippen LogP contribution in [0.1, 0.15) is 64.4 Å². The minimum atomic E-state index is -0.370. The van der Waals surface area contributed by atoms with Crippen molar-refractivity contribution in [2.45, 2.75) is 70.9 Å². The highest BCUT2D eigenvalue weighted by atomic mass is 16.6. The first kappa shape index (κ1) is 23.1. The molecule has 8 heteroatoms. The lowest BCUT2D eigenvalue weighted by Crippen LogP contribution is -2.42. The van der Waals surface area contributed by atoms with Crippen molar-refractivity contribution in [2.24, 2.45) is 5.92 Å². The number of hydrogen-bond acceptors (Lipinski definition) is 7. The number of esters is 1. The zero-order chi connectivity index (χ0) is 21.6. The number of carbonyl (C=O) groups is 1. The highest BCUT2D eigenvalue weighted by Gasteiger charge is 2.32. The Hall–Kier alpha value is -2.22. The maximum Gasteiger partial charge on any atom is 0.311 e. The first-order valence-corrected chi connectivity index (χ1v) is 10.3. The van der Waals surface area contributed by atoms with Crippen LogP contribution in [-0.4, -0.2) is 48.8 Å². The van der Waals surface area contributed by atoms with Gasteiger partial charge in [0.1, 0.15) is 0 Å². The molecule has 29 heavy (non-hydrogen) atoms. The first-order valence-electron chi connectivity index (χ1n) is 10.3. The first-order chi connectivity index (χ1) is 13.8. The molecule has 0 aromatic carbocycles. The van der Waals surface area contributed by atoms with E-state index in [1.54, 1.807) is 19.4 Å². The van der Waals surface area contributed by atoms with Crippen molar-refractivity contribution in [3.8, 4) is 0 Å². The monoisotopic (exact) mass is 407 g/mol. The molecule has 0 radical (unpaired) electrons. The van der Waals surface area contributed by atoms with E-state index < -0.39 is 0 Å². The van der Waals surface area contributed by atoms with Gasteiger partial charge in [-0.15, -0.1) is 0 Å². The number of nitro groups is 1. The second-order valence-electron chi connectivity index (χ2n) is 8.26. The lowest BCUT2D eigenvalue weighted by atomic mass is 9.91. The lowest BCUT2D eigenvalue weighted by Gasteiger charge is -2.38. The molecule has 0 spiro atoms. The number of nitrogens with zero attached hydrogens (tertiary/aromatic N) is 3. The van der Waals surface area contributed by atoms with Crippen LogP contribution in [0.25, 0.3) is 0 Å². The van der Waals surface area contributed by atoms with Crippen LogP contribution in [0, 0.1) is 16.0 Å². The topological polar surface area (TPSA) is 94.8 Å². The summed E-state index contributed by atoms with van der Waals surface area (Å²) in [5.41, 5.74) is 0.659. The molecule has 0 amide bonds. The highest BCUT2D eigenvalue weighted by molar-refractivity contribution is 5.70. The van der Waals surface area contributed by atoms with Crippen molar-refractivity contribution in [2.75, 3.05) is 25.7 Å². The van der Waals surface area contributed by atoms with Gasteiger partial charge < -0.3 is 14.4 Å². The molecule has 1 atom stereocenters. The van der Waals surface area contributed by atoms with E-state index in [1.165, 1.54) is 7.11 Å². The Morgan fingerprint density at radius 3 is 2.45 bits per heavy atom. The van der Waals surface area contributed by atoms with Gasteiger partial charge in [0.15, 0.2) is 0 Å². The summed E-state index contributed by atoms with van der Waals surface area (Å²) in [6.45, 7) is 6.75. The summed E-state index contributed by atoms with van der Waals surface area (Å²) in [5.74, 6) is 0.201. The van der Waals surface area contributed by atoms with Crippen LogP contribution in [0.4, 0.5) is 11.5 Å². The molecule has 0 bridgehead atoms. The Balaban J connectivity index is 2.34. The van der Waals surface area contributed by atoms with Crippen molar-refractivity contribution in [3.63, 3.8) is 0 Å². The molecule has 1 heterocycles. The van der Waals surface area contributed by atoms with Crippen molar-refractivity contribution < 1.29 is 19.2 Å². The Morgan fingerprint density at radius 2 is 1.93 bits per heavy atom. The number of carbonyl (C=O) groups excluding carboxylic acids is 1. The van der Waals surface area contributed by atoms with Crippen LogP contribution >= 0.6 is 0 Å². The maximum atomic E-state index is 11.9. The third-order valence-corrected chi connectivity index (χ3v) is 5.59. The highest BCUT2D eigenvalue weighted by Crippen LogP contribution is 2.35. The largest absolute Gasteiger partial charge is 0.469 e. The van der Waals surface area contributed by atoms with Crippen LogP contribution in [0.15, 0.2) is 12.3 Å². The third kappa shape index (κ3) is 6.13. The SMILES string of the molecule is COC(=O)C[C@@H](C)c1cnc(N(CC(C)C)C2CCC(OC)CC2)c([N+](=O)[O-])c1. The van der Waals surface area contributed by atoms with Crippen LogP contribution in [-0.2, 0) is 14.3 Å². The number of hydrogen-bond donors (Lipinski definition) is 0. The van der Waals surface area contributed by atoms with Crippen LogP contribution < -0.4 is 4.90 Å². The summed E-state index contributed by atoms with van der Waals surface area (Å²) in [6, 6.07) is 1.76. The van der Waals surface area contributed by atoms with E-state index in [9.17, 15) is 14.9 Å². The molecule has 0 aliphatic heterocycles.